The molecule has 0 saturated heterocycles. The highest BCUT2D eigenvalue weighted by atomic mass is 15.2. The molecule has 0 amide bonds. The standard InChI is InChI=1S/C13H17N3/c1-3-13(8-9-13)15-12-14-10-6-4-5-7-11(10)16(12)2/h4-7H,3,8-9H2,1-2H3,(H,14,15). The van der Waals surface area contributed by atoms with Crippen molar-refractivity contribution >= 4 is 17.0 Å². The second-order valence-corrected chi connectivity index (χ2v) is 4.74. The molecule has 2 aromatic rings. The number of para-hydroxylation sites is 2. The quantitative estimate of drug-likeness (QED) is 0.853. The molecule has 3 nitrogen and oxygen atoms in total. The molecule has 1 aliphatic carbocycles. The number of aryl methyl sites for hydroxylation is 1. The Hall–Kier alpha value is -1.51. The van der Waals surface area contributed by atoms with Crippen LogP contribution in [0.5, 0.6) is 0 Å². The van der Waals surface area contributed by atoms with Crippen LogP contribution < -0.4 is 5.32 Å². The number of hydrogen-bond acceptors (Lipinski definition) is 2. The lowest BCUT2D eigenvalue weighted by Crippen LogP contribution is -2.21. The molecule has 1 aromatic carbocycles. The minimum Gasteiger partial charge on any atom is -0.350 e. The molecule has 0 aliphatic heterocycles. The van der Waals surface area contributed by atoms with Gasteiger partial charge in [-0.1, -0.05) is 19.1 Å². The van der Waals surface area contributed by atoms with Crippen molar-refractivity contribution < 1.29 is 0 Å². The largest absolute Gasteiger partial charge is 0.350 e. The van der Waals surface area contributed by atoms with E-state index in [1.54, 1.807) is 0 Å². The van der Waals surface area contributed by atoms with E-state index in [-0.39, 0.29) is 0 Å². The highest BCUT2D eigenvalue weighted by Crippen LogP contribution is 2.41. The fraction of sp³-hybridized carbons (Fsp3) is 0.462. The monoisotopic (exact) mass is 215 g/mol. The molecule has 0 unspecified atom stereocenters. The molecular weight excluding hydrogens is 198 g/mol. The molecule has 0 spiro atoms. The van der Waals surface area contributed by atoms with Crippen LogP contribution in [0.15, 0.2) is 24.3 Å². The van der Waals surface area contributed by atoms with E-state index in [2.05, 4.69) is 47.0 Å². The summed E-state index contributed by atoms with van der Waals surface area (Å²) in [6.45, 7) is 2.24. The van der Waals surface area contributed by atoms with Crippen LogP contribution in [0.1, 0.15) is 26.2 Å². The summed E-state index contributed by atoms with van der Waals surface area (Å²) in [5.74, 6) is 1.00. The van der Waals surface area contributed by atoms with E-state index in [0.717, 1.165) is 11.5 Å². The van der Waals surface area contributed by atoms with E-state index in [9.17, 15) is 0 Å². The molecule has 0 atom stereocenters. The van der Waals surface area contributed by atoms with E-state index in [4.69, 9.17) is 0 Å². The number of hydrogen-bond donors (Lipinski definition) is 1. The smallest absolute Gasteiger partial charge is 0.204 e. The topological polar surface area (TPSA) is 29.9 Å². The normalized spacial score (nSPS) is 17.6. The summed E-state index contributed by atoms with van der Waals surface area (Å²) < 4.78 is 2.14. The number of aromatic nitrogens is 2. The van der Waals surface area contributed by atoms with Crippen molar-refractivity contribution in [2.45, 2.75) is 31.7 Å². The molecule has 0 radical (unpaired) electrons. The van der Waals surface area contributed by atoms with Crippen LogP contribution in [-0.2, 0) is 7.05 Å². The number of nitrogens with zero attached hydrogens (tertiary/aromatic N) is 2. The molecule has 3 rings (SSSR count). The van der Waals surface area contributed by atoms with Gasteiger partial charge in [-0.3, -0.25) is 0 Å². The molecular formula is C13H17N3. The number of imidazole rings is 1. The summed E-state index contributed by atoms with van der Waals surface area (Å²) in [4.78, 5) is 4.64. The number of nitrogens with one attached hydrogen (secondary N) is 1. The lowest BCUT2D eigenvalue weighted by Gasteiger charge is -2.15. The Balaban J connectivity index is 2.01. The Morgan fingerprint density at radius 1 is 1.38 bits per heavy atom. The molecule has 1 fully saturated rings. The maximum Gasteiger partial charge on any atom is 0.204 e. The Morgan fingerprint density at radius 3 is 2.75 bits per heavy atom. The highest BCUT2D eigenvalue weighted by molar-refractivity contribution is 5.78. The molecule has 1 N–H and O–H groups in total. The number of anilines is 1. The molecule has 0 bridgehead atoms. The van der Waals surface area contributed by atoms with Crippen molar-refractivity contribution in [1.82, 2.24) is 9.55 Å². The van der Waals surface area contributed by atoms with Gasteiger partial charge in [-0.25, -0.2) is 4.98 Å². The predicted octanol–water partition coefficient (Wildman–Crippen LogP) is 2.93. The zero-order valence-corrected chi connectivity index (χ0v) is 9.83. The van der Waals surface area contributed by atoms with E-state index in [0.29, 0.717) is 5.54 Å². The third-order valence-electron chi connectivity index (χ3n) is 3.69. The summed E-state index contributed by atoms with van der Waals surface area (Å²) in [7, 11) is 2.07. The maximum absolute atomic E-state index is 4.64. The SMILES string of the molecule is CCC1(Nc2nc3ccccc3n2C)CC1. The number of benzene rings is 1. The molecule has 1 heterocycles. The lowest BCUT2D eigenvalue weighted by molar-refractivity contribution is 0.686. The van der Waals surface area contributed by atoms with E-state index < -0.39 is 0 Å². The average Bonchev–Trinajstić information content (AvgIpc) is 3.02. The minimum atomic E-state index is 0.329. The second-order valence-electron chi connectivity index (χ2n) is 4.74. The highest BCUT2D eigenvalue weighted by Gasteiger charge is 2.41. The first kappa shape index (κ1) is 9.70. The molecule has 1 aromatic heterocycles. The predicted molar refractivity (Wildman–Crippen MR) is 66.6 cm³/mol. The minimum absolute atomic E-state index is 0.329. The van der Waals surface area contributed by atoms with E-state index >= 15 is 0 Å². The molecule has 1 saturated carbocycles. The van der Waals surface area contributed by atoms with Crippen LogP contribution in [-0.4, -0.2) is 15.1 Å². The average molecular weight is 215 g/mol. The van der Waals surface area contributed by atoms with Gasteiger partial charge in [-0.15, -0.1) is 0 Å². The van der Waals surface area contributed by atoms with Gasteiger partial charge in [0.05, 0.1) is 11.0 Å². The van der Waals surface area contributed by atoms with E-state index in [1.807, 2.05) is 6.07 Å². The van der Waals surface area contributed by atoms with Crippen molar-refractivity contribution in [2.24, 2.45) is 7.05 Å². The van der Waals surface area contributed by atoms with Crippen molar-refractivity contribution in [2.75, 3.05) is 5.32 Å². The number of rotatable bonds is 3. The van der Waals surface area contributed by atoms with Crippen molar-refractivity contribution in [3.05, 3.63) is 24.3 Å². The van der Waals surface area contributed by atoms with Crippen LogP contribution in [0.4, 0.5) is 5.95 Å². The summed E-state index contributed by atoms with van der Waals surface area (Å²) >= 11 is 0. The molecule has 1 aliphatic rings. The van der Waals surface area contributed by atoms with Gasteiger partial charge in [-0.2, -0.15) is 0 Å². The van der Waals surface area contributed by atoms with Crippen LogP contribution in [0.25, 0.3) is 11.0 Å². The van der Waals surface area contributed by atoms with Gasteiger partial charge in [-0.05, 0) is 31.4 Å². The van der Waals surface area contributed by atoms with Gasteiger partial charge in [0.25, 0.3) is 0 Å². The third kappa shape index (κ3) is 1.39. The van der Waals surface area contributed by atoms with E-state index in [1.165, 1.54) is 24.8 Å². The first-order valence-electron chi connectivity index (χ1n) is 5.94. The molecule has 3 heteroatoms. The Bertz CT molecular complexity index is 523. The Kier molecular flexibility index (Phi) is 1.96. The summed E-state index contributed by atoms with van der Waals surface area (Å²) in [6, 6.07) is 8.26. The first-order valence-corrected chi connectivity index (χ1v) is 5.94. The fourth-order valence-corrected chi connectivity index (χ4v) is 2.21. The van der Waals surface area contributed by atoms with Crippen LogP contribution >= 0.6 is 0 Å². The van der Waals surface area contributed by atoms with Crippen molar-refractivity contribution in [1.29, 1.82) is 0 Å². The maximum atomic E-state index is 4.64. The fourth-order valence-electron chi connectivity index (χ4n) is 2.21. The van der Waals surface area contributed by atoms with Crippen LogP contribution in [0, 0.1) is 0 Å². The molecule has 84 valence electrons. The van der Waals surface area contributed by atoms with Gasteiger partial charge >= 0.3 is 0 Å². The summed E-state index contributed by atoms with van der Waals surface area (Å²) in [5, 5.41) is 3.59. The van der Waals surface area contributed by atoms with Crippen LogP contribution in [0.3, 0.4) is 0 Å². The zero-order valence-electron chi connectivity index (χ0n) is 9.83. The van der Waals surface area contributed by atoms with Gasteiger partial charge in [0, 0.05) is 12.6 Å². The van der Waals surface area contributed by atoms with Gasteiger partial charge in [0.15, 0.2) is 0 Å². The van der Waals surface area contributed by atoms with Gasteiger partial charge < -0.3 is 9.88 Å². The van der Waals surface area contributed by atoms with Crippen molar-refractivity contribution in [3.63, 3.8) is 0 Å². The van der Waals surface area contributed by atoms with Crippen LogP contribution in [0.2, 0.25) is 0 Å². The Labute approximate surface area is 95.5 Å². The van der Waals surface area contributed by atoms with Gasteiger partial charge in [0.1, 0.15) is 0 Å². The summed E-state index contributed by atoms with van der Waals surface area (Å²) in [5.41, 5.74) is 2.59. The van der Waals surface area contributed by atoms with Crippen molar-refractivity contribution in [3.8, 4) is 0 Å². The Morgan fingerprint density at radius 2 is 2.12 bits per heavy atom. The summed E-state index contributed by atoms with van der Waals surface area (Å²) in [6.07, 6.45) is 3.72. The van der Waals surface area contributed by atoms with Gasteiger partial charge in [0.2, 0.25) is 5.95 Å². The first-order chi connectivity index (χ1) is 7.74. The zero-order chi connectivity index (χ0) is 11.2. The second kappa shape index (κ2) is 3.24. The third-order valence-corrected chi connectivity index (χ3v) is 3.69. The molecule has 16 heavy (non-hydrogen) atoms. The lowest BCUT2D eigenvalue weighted by atomic mass is 10.2. The number of fused-ring (bicyclic) bond motifs is 1.